The molecule has 0 aliphatic rings. The van der Waals surface area contributed by atoms with Crippen LogP contribution in [0.15, 0.2) is 91.0 Å². The Kier molecular flexibility index (Phi) is 6.22. The SMILES string of the molecule is CS(=O)(=O)Nc1ccc(Oc2ccc3cc(C(=N)N)ccc3c2)c(-c2cc3ccccc3cc2C(=O)O)c1. The predicted molar refractivity (Wildman–Crippen MR) is 150 cm³/mol. The fourth-order valence-electron chi connectivity index (χ4n) is 4.33. The summed E-state index contributed by atoms with van der Waals surface area (Å²) in [5.74, 6) is -0.299. The first-order valence-electron chi connectivity index (χ1n) is 11.5. The van der Waals surface area contributed by atoms with Crippen LogP contribution in [0, 0.1) is 5.41 Å². The van der Waals surface area contributed by atoms with E-state index in [-0.39, 0.29) is 17.1 Å². The van der Waals surface area contributed by atoms with Gasteiger partial charge in [0.2, 0.25) is 10.0 Å². The van der Waals surface area contributed by atoms with Crippen LogP contribution in [0.2, 0.25) is 0 Å². The minimum atomic E-state index is -3.57. The Labute approximate surface area is 218 Å². The lowest BCUT2D eigenvalue weighted by atomic mass is 9.94. The van der Waals surface area contributed by atoms with Gasteiger partial charge >= 0.3 is 5.97 Å². The Balaban J connectivity index is 1.66. The third kappa shape index (κ3) is 5.14. The molecule has 0 amide bonds. The van der Waals surface area contributed by atoms with Gasteiger partial charge in [-0.1, -0.05) is 42.5 Å². The third-order valence-electron chi connectivity index (χ3n) is 6.04. The van der Waals surface area contributed by atoms with Gasteiger partial charge in [0, 0.05) is 22.4 Å². The maximum Gasteiger partial charge on any atom is 0.336 e. The minimum Gasteiger partial charge on any atom is -0.478 e. The maximum absolute atomic E-state index is 12.3. The topological polar surface area (TPSA) is 143 Å². The first kappa shape index (κ1) is 24.8. The quantitative estimate of drug-likeness (QED) is 0.156. The lowest BCUT2D eigenvalue weighted by Gasteiger charge is -2.16. The highest BCUT2D eigenvalue weighted by molar-refractivity contribution is 7.92. The summed E-state index contributed by atoms with van der Waals surface area (Å²) in [5, 5.41) is 21.0. The molecular weight excluding hydrogens is 502 g/mol. The fraction of sp³-hybridized carbons (Fsp3) is 0.0345. The van der Waals surface area contributed by atoms with Crippen molar-refractivity contribution in [3.8, 4) is 22.6 Å². The van der Waals surface area contributed by atoms with Crippen LogP contribution in [-0.2, 0) is 10.0 Å². The van der Waals surface area contributed by atoms with Crippen LogP contribution >= 0.6 is 0 Å². The molecule has 0 heterocycles. The lowest BCUT2D eigenvalue weighted by Crippen LogP contribution is -2.10. The van der Waals surface area contributed by atoms with Gasteiger partial charge in [0.1, 0.15) is 17.3 Å². The highest BCUT2D eigenvalue weighted by Gasteiger charge is 2.19. The zero-order valence-electron chi connectivity index (χ0n) is 20.2. The van der Waals surface area contributed by atoms with Crippen molar-refractivity contribution in [3.05, 3.63) is 102 Å². The fourth-order valence-corrected chi connectivity index (χ4v) is 4.88. The molecular formula is C29H23N3O5S. The van der Waals surface area contributed by atoms with Crippen molar-refractivity contribution >= 4 is 49.1 Å². The number of benzene rings is 5. The van der Waals surface area contributed by atoms with E-state index >= 15 is 0 Å². The zero-order valence-corrected chi connectivity index (χ0v) is 21.0. The smallest absolute Gasteiger partial charge is 0.336 e. The van der Waals surface area contributed by atoms with Gasteiger partial charge in [0.05, 0.1) is 11.8 Å². The van der Waals surface area contributed by atoms with Crippen LogP contribution in [-0.4, -0.2) is 31.6 Å². The molecule has 0 spiro atoms. The molecule has 0 fully saturated rings. The standard InChI is InChI=1S/C29H23N3O5S/c1-38(35,36)32-22-9-11-27(37-23-10-8-19-12-21(28(30)31)7-6-20(19)13-23)25(16-22)24-14-17-4-2-3-5-18(17)15-26(24)29(33)34/h2-16,32H,1H3,(H3,30,31)(H,33,34). The van der Waals surface area contributed by atoms with E-state index in [1.54, 1.807) is 42.5 Å². The number of hydrogen-bond donors (Lipinski definition) is 4. The number of rotatable bonds is 7. The zero-order chi connectivity index (χ0) is 27.0. The van der Waals surface area contributed by atoms with Gasteiger partial charge in [-0.15, -0.1) is 0 Å². The maximum atomic E-state index is 12.3. The number of nitrogens with one attached hydrogen (secondary N) is 2. The molecule has 0 bridgehead atoms. The monoisotopic (exact) mass is 525 g/mol. The van der Waals surface area contributed by atoms with E-state index in [1.165, 1.54) is 0 Å². The molecule has 5 aromatic carbocycles. The summed E-state index contributed by atoms with van der Waals surface area (Å²) in [6.45, 7) is 0. The van der Waals surface area contributed by atoms with E-state index in [2.05, 4.69) is 4.72 Å². The molecule has 0 aromatic heterocycles. The highest BCUT2D eigenvalue weighted by atomic mass is 32.2. The average Bonchev–Trinajstić information content (AvgIpc) is 2.87. The Hall–Kier alpha value is -4.89. The molecule has 38 heavy (non-hydrogen) atoms. The molecule has 5 N–H and O–H groups in total. The van der Waals surface area contributed by atoms with E-state index in [0.29, 0.717) is 28.2 Å². The van der Waals surface area contributed by atoms with Crippen molar-refractivity contribution in [2.45, 2.75) is 0 Å². The van der Waals surface area contributed by atoms with Gasteiger partial charge in [-0.3, -0.25) is 10.1 Å². The number of sulfonamides is 1. The van der Waals surface area contributed by atoms with Crippen molar-refractivity contribution in [1.82, 2.24) is 0 Å². The Morgan fingerprint density at radius 1 is 0.842 bits per heavy atom. The summed E-state index contributed by atoms with van der Waals surface area (Å²) in [4.78, 5) is 12.3. The van der Waals surface area contributed by atoms with Crippen LogP contribution in [0.25, 0.3) is 32.7 Å². The normalized spacial score (nSPS) is 11.4. The van der Waals surface area contributed by atoms with Crippen molar-refractivity contribution < 1.29 is 23.1 Å². The molecule has 0 saturated carbocycles. The molecule has 9 heteroatoms. The summed E-state index contributed by atoms with van der Waals surface area (Å²) in [7, 11) is -3.57. The van der Waals surface area contributed by atoms with Gasteiger partial charge in [0.25, 0.3) is 0 Å². The van der Waals surface area contributed by atoms with Crippen molar-refractivity contribution in [2.24, 2.45) is 5.73 Å². The number of hydrogen-bond acceptors (Lipinski definition) is 5. The first-order chi connectivity index (χ1) is 18.1. The summed E-state index contributed by atoms with van der Waals surface area (Å²) in [5.41, 5.74) is 7.34. The van der Waals surface area contributed by atoms with Gasteiger partial charge < -0.3 is 15.6 Å². The van der Waals surface area contributed by atoms with E-state index in [9.17, 15) is 18.3 Å². The molecule has 8 nitrogen and oxygen atoms in total. The molecule has 0 atom stereocenters. The first-order valence-corrected chi connectivity index (χ1v) is 13.4. The number of carboxylic acids is 1. The number of carboxylic acid groups (broad SMARTS) is 1. The van der Waals surface area contributed by atoms with Crippen molar-refractivity contribution in [3.63, 3.8) is 0 Å². The molecule has 0 unspecified atom stereocenters. The Morgan fingerprint density at radius 3 is 2.18 bits per heavy atom. The van der Waals surface area contributed by atoms with Gasteiger partial charge in [-0.2, -0.15) is 0 Å². The second-order valence-corrected chi connectivity index (χ2v) is 10.6. The predicted octanol–water partition coefficient (Wildman–Crippen LogP) is 5.81. The van der Waals surface area contributed by atoms with Crippen LogP contribution in [0.3, 0.4) is 0 Å². The minimum absolute atomic E-state index is 0.0238. The van der Waals surface area contributed by atoms with Gasteiger partial charge in [0.15, 0.2) is 0 Å². The average molecular weight is 526 g/mol. The lowest BCUT2D eigenvalue weighted by molar-refractivity contribution is 0.0698. The number of fused-ring (bicyclic) bond motifs is 2. The van der Waals surface area contributed by atoms with Crippen LogP contribution in [0.5, 0.6) is 11.5 Å². The molecule has 5 rings (SSSR count). The molecule has 0 aliphatic carbocycles. The Bertz CT molecular complexity index is 1870. The van der Waals surface area contributed by atoms with Gasteiger partial charge in [-0.05, 0) is 70.1 Å². The number of anilines is 1. The third-order valence-corrected chi connectivity index (χ3v) is 6.65. The summed E-state index contributed by atoms with van der Waals surface area (Å²) < 4.78 is 32.5. The number of carbonyl (C=O) groups is 1. The number of nitrogens with two attached hydrogens (primary N) is 1. The van der Waals surface area contributed by atoms with Crippen LogP contribution < -0.4 is 15.2 Å². The number of aromatic carboxylic acids is 1. The Morgan fingerprint density at radius 2 is 1.50 bits per heavy atom. The second kappa shape index (κ2) is 9.53. The second-order valence-electron chi connectivity index (χ2n) is 8.87. The van der Waals surface area contributed by atoms with E-state index in [1.807, 2.05) is 48.5 Å². The van der Waals surface area contributed by atoms with E-state index < -0.39 is 16.0 Å². The van der Waals surface area contributed by atoms with E-state index in [0.717, 1.165) is 27.8 Å². The summed E-state index contributed by atoms with van der Waals surface area (Å²) in [6.07, 6.45) is 1.04. The highest BCUT2D eigenvalue weighted by Crippen LogP contribution is 2.39. The molecule has 0 aliphatic heterocycles. The van der Waals surface area contributed by atoms with Crippen LogP contribution in [0.4, 0.5) is 5.69 Å². The van der Waals surface area contributed by atoms with Gasteiger partial charge in [-0.25, -0.2) is 13.2 Å². The molecule has 190 valence electrons. The van der Waals surface area contributed by atoms with Crippen molar-refractivity contribution in [2.75, 3.05) is 11.0 Å². The number of amidine groups is 1. The van der Waals surface area contributed by atoms with E-state index in [4.69, 9.17) is 15.9 Å². The molecule has 5 aromatic rings. The summed E-state index contributed by atoms with van der Waals surface area (Å²) >= 11 is 0. The number of nitrogen functional groups attached to an aromatic ring is 1. The molecule has 0 saturated heterocycles. The van der Waals surface area contributed by atoms with Crippen LogP contribution in [0.1, 0.15) is 15.9 Å². The largest absolute Gasteiger partial charge is 0.478 e. The number of ether oxygens (including phenoxy) is 1. The van der Waals surface area contributed by atoms with Crippen molar-refractivity contribution in [1.29, 1.82) is 5.41 Å². The summed E-state index contributed by atoms with van der Waals surface area (Å²) in [6, 6.07) is 26.3. The molecule has 0 radical (unpaired) electrons.